The van der Waals surface area contributed by atoms with E-state index in [1.165, 1.54) is 5.56 Å². The van der Waals surface area contributed by atoms with Gasteiger partial charge < -0.3 is 9.67 Å². The summed E-state index contributed by atoms with van der Waals surface area (Å²) in [5, 5.41) is 14.5. The molecule has 0 saturated carbocycles. The van der Waals surface area contributed by atoms with Crippen LogP contribution in [0, 0.1) is 6.92 Å². The van der Waals surface area contributed by atoms with E-state index in [0.717, 1.165) is 22.9 Å². The van der Waals surface area contributed by atoms with Gasteiger partial charge in [-0.15, -0.1) is 0 Å². The summed E-state index contributed by atoms with van der Waals surface area (Å²) in [7, 11) is 0. The van der Waals surface area contributed by atoms with E-state index in [1.54, 1.807) is 0 Å². The number of aromatic nitrogens is 1. The fourth-order valence-electron chi connectivity index (χ4n) is 4.24. The Hall–Kier alpha value is -2.21. The number of carbonyl (C=O) groups is 1. The second-order valence-corrected chi connectivity index (χ2v) is 7.81. The largest absolute Gasteiger partial charge is 0.494 e. The SMILES string of the molecule is Cc1cc2c3c(c1)c(C1=NC(=S)NC1=O)c(O)n3C(C)(C)CC2C. The number of benzene rings is 1. The highest BCUT2D eigenvalue weighted by Crippen LogP contribution is 2.48. The maximum Gasteiger partial charge on any atom is 0.277 e. The van der Waals surface area contributed by atoms with Gasteiger partial charge in [-0.3, -0.25) is 10.1 Å². The Morgan fingerprint density at radius 3 is 2.75 bits per heavy atom. The minimum absolute atomic E-state index is 0.0901. The van der Waals surface area contributed by atoms with Gasteiger partial charge in [-0.25, -0.2) is 4.99 Å². The lowest BCUT2D eigenvalue weighted by molar-refractivity contribution is -0.113. The smallest absolute Gasteiger partial charge is 0.277 e. The molecule has 0 aliphatic carbocycles. The van der Waals surface area contributed by atoms with E-state index in [9.17, 15) is 9.90 Å². The molecule has 24 heavy (non-hydrogen) atoms. The molecule has 0 radical (unpaired) electrons. The van der Waals surface area contributed by atoms with Gasteiger partial charge in [-0.05, 0) is 57.0 Å². The third-order valence-corrected chi connectivity index (χ3v) is 5.23. The van der Waals surface area contributed by atoms with E-state index in [0.29, 0.717) is 11.5 Å². The number of hydrogen-bond acceptors (Lipinski definition) is 3. The van der Waals surface area contributed by atoms with Crippen LogP contribution in [0.3, 0.4) is 0 Å². The Kier molecular flexibility index (Phi) is 2.98. The predicted octanol–water partition coefficient (Wildman–Crippen LogP) is 3.10. The van der Waals surface area contributed by atoms with Crippen molar-refractivity contribution < 1.29 is 9.90 Å². The van der Waals surface area contributed by atoms with Crippen molar-refractivity contribution in [3.8, 4) is 5.88 Å². The quantitative estimate of drug-likeness (QED) is 0.783. The van der Waals surface area contributed by atoms with E-state index in [2.05, 4.69) is 37.1 Å². The van der Waals surface area contributed by atoms with Gasteiger partial charge in [0.15, 0.2) is 0 Å². The molecular weight excluding hydrogens is 322 g/mol. The fourth-order valence-corrected chi connectivity index (χ4v) is 4.42. The van der Waals surface area contributed by atoms with E-state index in [1.807, 2.05) is 17.6 Å². The first-order valence-corrected chi connectivity index (χ1v) is 8.44. The number of amides is 1. The van der Waals surface area contributed by atoms with Gasteiger partial charge in [-0.1, -0.05) is 18.6 Å². The molecule has 2 aromatic rings. The average molecular weight is 341 g/mol. The normalized spacial score (nSPS) is 22.0. The number of nitrogens with zero attached hydrogens (tertiary/aromatic N) is 2. The van der Waals surface area contributed by atoms with Crippen LogP contribution in [0.5, 0.6) is 5.88 Å². The summed E-state index contributed by atoms with van der Waals surface area (Å²) in [6, 6.07) is 4.18. The molecular formula is C18H19N3O2S. The Bertz CT molecular complexity index is 969. The van der Waals surface area contributed by atoms with E-state index < -0.39 is 0 Å². The standard InChI is InChI=1S/C18H19N3O2S/c1-8-5-10-9(2)7-18(3,4)21-14(10)11(6-8)12(16(21)23)13-15(22)20-17(24)19-13/h5-6,9,23H,7H2,1-4H3,(H,20,22,24). The lowest BCUT2D eigenvalue weighted by Gasteiger charge is -2.37. The molecule has 2 aliphatic heterocycles. The van der Waals surface area contributed by atoms with Gasteiger partial charge in [0.05, 0.1) is 11.1 Å². The molecule has 3 heterocycles. The third-order valence-electron chi connectivity index (χ3n) is 5.04. The highest BCUT2D eigenvalue weighted by molar-refractivity contribution is 7.80. The molecule has 2 aliphatic rings. The first kappa shape index (κ1) is 15.3. The molecule has 0 spiro atoms. The number of aryl methyl sites for hydroxylation is 1. The number of carbonyl (C=O) groups excluding carboxylic acids is 1. The molecule has 1 aromatic heterocycles. The lowest BCUT2D eigenvalue weighted by atomic mass is 9.82. The zero-order valence-corrected chi connectivity index (χ0v) is 14.9. The molecule has 1 aromatic carbocycles. The number of thiocarbonyl (C=S) groups is 1. The topological polar surface area (TPSA) is 66.6 Å². The zero-order valence-electron chi connectivity index (χ0n) is 14.1. The predicted molar refractivity (Wildman–Crippen MR) is 98.0 cm³/mol. The molecule has 1 unspecified atom stereocenters. The maximum absolute atomic E-state index is 12.2. The van der Waals surface area contributed by atoms with Gasteiger partial charge in [-0.2, -0.15) is 0 Å². The summed E-state index contributed by atoms with van der Waals surface area (Å²) >= 11 is 4.99. The first-order chi connectivity index (χ1) is 11.2. The minimum Gasteiger partial charge on any atom is -0.494 e. The highest BCUT2D eigenvalue weighted by Gasteiger charge is 2.39. The Labute approximate surface area is 145 Å². The Balaban J connectivity index is 2.17. The van der Waals surface area contributed by atoms with Crippen molar-refractivity contribution in [2.45, 2.75) is 45.6 Å². The van der Waals surface area contributed by atoms with E-state index in [4.69, 9.17) is 12.2 Å². The molecule has 124 valence electrons. The van der Waals surface area contributed by atoms with Crippen molar-refractivity contribution in [3.05, 3.63) is 28.8 Å². The second-order valence-electron chi connectivity index (χ2n) is 7.42. The highest BCUT2D eigenvalue weighted by atomic mass is 32.1. The summed E-state index contributed by atoms with van der Waals surface area (Å²) in [6.07, 6.45) is 0.914. The van der Waals surface area contributed by atoms with Gasteiger partial charge in [0, 0.05) is 10.9 Å². The molecule has 1 atom stereocenters. The van der Waals surface area contributed by atoms with Gasteiger partial charge in [0.1, 0.15) is 5.71 Å². The van der Waals surface area contributed by atoms with Crippen molar-refractivity contribution >= 4 is 39.9 Å². The fraction of sp³-hybridized carbons (Fsp3) is 0.389. The summed E-state index contributed by atoms with van der Waals surface area (Å²) in [4.78, 5) is 16.4. The van der Waals surface area contributed by atoms with Crippen LogP contribution in [0.1, 0.15) is 49.8 Å². The van der Waals surface area contributed by atoms with Crippen molar-refractivity contribution in [2.24, 2.45) is 4.99 Å². The van der Waals surface area contributed by atoms with Crippen molar-refractivity contribution in [3.63, 3.8) is 0 Å². The van der Waals surface area contributed by atoms with Crippen LogP contribution in [0.25, 0.3) is 10.9 Å². The van der Waals surface area contributed by atoms with Gasteiger partial charge in [0.25, 0.3) is 5.91 Å². The van der Waals surface area contributed by atoms with Crippen LogP contribution in [0.2, 0.25) is 0 Å². The third kappa shape index (κ3) is 1.89. The number of nitrogens with one attached hydrogen (secondary N) is 1. The number of rotatable bonds is 1. The number of aliphatic imine (C=N–C) groups is 1. The summed E-state index contributed by atoms with van der Waals surface area (Å²) in [6.45, 7) is 8.45. The lowest BCUT2D eigenvalue weighted by Crippen LogP contribution is -2.31. The number of hydrogen-bond donors (Lipinski definition) is 2. The summed E-state index contributed by atoms with van der Waals surface area (Å²) in [5.74, 6) is 0.104. The van der Waals surface area contributed by atoms with E-state index in [-0.39, 0.29) is 28.2 Å². The van der Waals surface area contributed by atoms with Crippen LogP contribution in [-0.2, 0) is 10.3 Å². The first-order valence-electron chi connectivity index (χ1n) is 8.03. The molecule has 6 heteroatoms. The molecule has 0 fully saturated rings. The molecule has 0 saturated heterocycles. The number of aromatic hydroxyl groups is 1. The maximum atomic E-state index is 12.2. The summed E-state index contributed by atoms with van der Waals surface area (Å²) < 4.78 is 1.95. The van der Waals surface area contributed by atoms with Gasteiger partial charge in [0.2, 0.25) is 11.0 Å². The van der Waals surface area contributed by atoms with Crippen LogP contribution in [-0.4, -0.2) is 26.4 Å². The Morgan fingerprint density at radius 2 is 2.12 bits per heavy atom. The van der Waals surface area contributed by atoms with Gasteiger partial charge >= 0.3 is 0 Å². The van der Waals surface area contributed by atoms with Crippen LogP contribution in [0.4, 0.5) is 0 Å². The average Bonchev–Trinajstić information content (AvgIpc) is 2.92. The van der Waals surface area contributed by atoms with Crippen molar-refractivity contribution in [1.29, 1.82) is 0 Å². The van der Waals surface area contributed by atoms with Crippen LogP contribution < -0.4 is 5.32 Å². The molecule has 2 N–H and O–H groups in total. The Morgan fingerprint density at radius 1 is 1.42 bits per heavy atom. The van der Waals surface area contributed by atoms with Crippen LogP contribution >= 0.6 is 12.2 Å². The van der Waals surface area contributed by atoms with Crippen molar-refractivity contribution in [2.75, 3.05) is 0 Å². The molecule has 0 bridgehead atoms. The zero-order chi connectivity index (χ0) is 17.4. The monoisotopic (exact) mass is 341 g/mol. The molecule has 1 amide bonds. The van der Waals surface area contributed by atoms with E-state index >= 15 is 0 Å². The summed E-state index contributed by atoms with van der Waals surface area (Å²) in [5.41, 5.74) is 3.72. The van der Waals surface area contributed by atoms with Crippen LogP contribution in [0.15, 0.2) is 17.1 Å². The second kappa shape index (κ2) is 4.66. The molecule has 5 nitrogen and oxygen atoms in total. The molecule has 4 rings (SSSR count). The van der Waals surface area contributed by atoms with Crippen molar-refractivity contribution in [1.82, 2.24) is 9.88 Å². The minimum atomic E-state index is -0.359.